The SMILES string of the molecule is COc1ccc(N2CCN(C(=O)Cc3ccc(Cl)cc3)CC2)nn1. The summed E-state index contributed by atoms with van der Waals surface area (Å²) in [6, 6.07) is 11.1. The minimum Gasteiger partial charge on any atom is -0.480 e. The number of rotatable bonds is 4. The number of amides is 1. The maximum Gasteiger partial charge on any atom is 0.233 e. The Kier molecular flexibility index (Phi) is 5.15. The number of nitrogens with zero attached hydrogens (tertiary/aromatic N) is 4. The van der Waals surface area contributed by atoms with Gasteiger partial charge >= 0.3 is 0 Å². The quantitative estimate of drug-likeness (QED) is 0.847. The highest BCUT2D eigenvalue weighted by Crippen LogP contribution is 2.16. The van der Waals surface area contributed by atoms with Crippen LogP contribution in [0.1, 0.15) is 5.56 Å². The fraction of sp³-hybridized carbons (Fsp3) is 0.353. The number of benzene rings is 1. The average molecular weight is 347 g/mol. The van der Waals surface area contributed by atoms with E-state index in [4.69, 9.17) is 16.3 Å². The summed E-state index contributed by atoms with van der Waals surface area (Å²) in [6.45, 7) is 2.85. The molecule has 6 nitrogen and oxygen atoms in total. The molecule has 0 N–H and O–H groups in total. The normalized spacial score (nSPS) is 14.6. The van der Waals surface area contributed by atoms with Crippen molar-refractivity contribution in [3.63, 3.8) is 0 Å². The topological polar surface area (TPSA) is 58.6 Å². The van der Waals surface area contributed by atoms with Gasteiger partial charge in [0.05, 0.1) is 13.5 Å². The summed E-state index contributed by atoms with van der Waals surface area (Å²) in [7, 11) is 1.56. The second-order valence-electron chi connectivity index (χ2n) is 5.60. The van der Waals surface area contributed by atoms with Crippen molar-refractivity contribution in [1.82, 2.24) is 15.1 Å². The van der Waals surface area contributed by atoms with E-state index in [9.17, 15) is 4.79 Å². The van der Waals surface area contributed by atoms with Gasteiger partial charge in [0.1, 0.15) is 0 Å². The third kappa shape index (κ3) is 3.94. The minimum atomic E-state index is 0.137. The number of methoxy groups -OCH3 is 1. The number of ether oxygens (including phenoxy) is 1. The second-order valence-corrected chi connectivity index (χ2v) is 6.04. The molecule has 3 rings (SSSR count). The molecule has 1 aliphatic heterocycles. The van der Waals surface area contributed by atoms with E-state index in [0.717, 1.165) is 24.5 Å². The van der Waals surface area contributed by atoms with Crippen LogP contribution in [0.4, 0.5) is 5.82 Å². The van der Waals surface area contributed by atoms with Gasteiger partial charge in [-0.15, -0.1) is 10.2 Å². The molecule has 126 valence electrons. The van der Waals surface area contributed by atoms with Gasteiger partial charge in [0, 0.05) is 37.3 Å². The number of aromatic nitrogens is 2. The lowest BCUT2D eigenvalue weighted by Crippen LogP contribution is -2.49. The van der Waals surface area contributed by atoms with Crippen LogP contribution in [0, 0.1) is 0 Å². The van der Waals surface area contributed by atoms with E-state index in [1.165, 1.54) is 0 Å². The first-order chi connectivity index (χ1) is 11.7. The lowest BCUT2D eigenvalue weighted by molar-refractivity contribution is -0.130. The zero-order valence-electron chi connectivity index (χ0n) is 13.5. The molecule has 0 saturated carbocycles. The fourth-order valence-corrected chi connectivity index (χ4v) is 2.79. The Balaban J connectivity index is 1.54. The third-order valence-electron chi connectivity index (χ3n) is 4.06. The molecule has 2 aromatic rings. The van der Waals surface area contributed by atoms with Crippen LogP contribution in [0.5, 0.6) is 5.88 Å². The van der Waals surface area contributed by atoms with Gasteiger partial charge in [0.15, 0.2) is 5.82 Å². The molecule has 1 fully saturated rings. The number of hydrogen-bond acceptors (Lipinski definition) is 5. The van der Waals surface area contributed by atoms with Gasteiger partial charge in [-0.05, 0) is 23.8 Å². The van der Waals surface area contributed by atoms with Gasteiger partial charge in [0.25, 0.3) is 0 Å². The zero-order chi connectivity index (χ0) is 16.9. The Morgan fingerprint density at radius 1 is 1.08 bits per heavy atom. The second kappa shape index (κ2) is 7.49. The Morgan fingerprint density at radius 2 is 1.79 bits per heavy atom. The monoisotopic (exact) mass is 346 g/mol. The predicted molar refractivity (Wildman–Crippen MR) is 92.5 cm³/mol. The van der Waals surface area contributed by atoms with Crippen molar-refractivity contribution in [3.8, 4) is 5.88 Å². The first-order valence-corrected chi connectivity index (χ1v) is 8.18. The molecule has 7 heteroatoms. The maximum atomic E-state index is 12.4. The van der Waals surface area contributed by atoms with Gasteiger partial charge in [0.2, 0.25) is 11.8 Å². The molecule has 1 amide bonds. The number of hydrogen-bond donors (Lipinski definition) is 0. The molecule has 1 aliphatic rings. The van der Waals surface area contributed by atoms with E-state index in [1.807, 2.05) is 35.2 Å². The summed E-state index contributed by atoms with van der Waals surface area (Å²) in [6.07, 6.45) is 0.402. The van der Waals surface area contributed by atoms with Crippen molar-refractivity contribution in [2.75, 3.05) is 38.2 Å². The van der Waals surface area contributed by atoms with Crippen LogP contribution >= 0.6 is 11.6 Å². The van der Waals surface area contributed by atoms with Crippen LogP contribution < -0.4 is 9.64 Å². The standard InChI is InChI=1S/C17H19ClN4O2/c1-24-16-7-6-15(19-20-16)21-8-10-22(11-9-21)17(23)12-13-2-4-14(18)5-3-13/h2-7H,8-12H2,1H3. The first-order valence-electron chi connectivity index (χ1n) is 7.80. The molecule has 0 unspecified atom stereocenters. The van der Waals surface area contributed by atoms with Crippen LogP contribution in [-0.4, -0.2) is 54.3 Å². The van der Waals surface area contributed by atoms with Gasteiger partial charge in [-0.3, -0.25) is 4.79 Å². The fourth-order valence-electron chi connectivity index (χ4n) is 2.66. The lowest BCUT2D eigenvalue weighted by atomic mass is 10.1. The van der Waals surface area contributed by atoms with E-state index in [0.29, 0.717) is 30.4 Å². The largest absolute Gasteiger partial charge is 0.480 e. The summed E-state index contributed by atoms with van der Waals surface area (Å²) in [5, 5.41) is 8.82. The van der Waals surface area contributed by atoms with Crippen LogP contribution in [-0.2, 0) is 11.2 Å². The number of halogens is 1. The molecule has 1 aromatic carbocycles. The van der Waals surface area contributed by atoms with Crippen molar-refractivity contribution in [3.05, 3.63) is 47.0 Å². The molecule has 0 atom stereocenters. The van der Waals surface area contributed by atoms with Crippen LogP contribution in [0.15, 0.2) is 36.4 Å². The minimum absolute atomic E-state index is 0.137. The van der Waals surface area contributed by atoms with Gasteiger partial charge in [-0.1, -0.05) is 23.7 Å². The van der Waals surface area contributed by atoms with Gasteiger partial charge in [-0.25, -0.2) is 0 Å². The highest BCUT2D eigenvalue weighted by molar-refractivity contribution is 6.30. The zero-order valence-corrected chi connectivity index (χ0v) is 14.2. The van der Waals surface area contributed by atoms with Crippen LogP contribution in [0.25, 0.3) is 0 Å². The van der Waals surface area contributed by atoms with Crippen LogP contribution in [0.2, 0.25) is 5.02 Å². The summed E-state index contributed by atoms with van der Waals surface area (Å²) >= 11 is 5.87. The van der Waals surface area contributed by atoms with E-state index in [2.05, 4.69) is 15.1 Å². The van der Waals surface area contributed by atoms with Crippen LogP contribution in [0.3, 0.4) is 0 Å². The number of piperazine rings is 1. The van der Waals surface area contributed by atoms with Gasteiger partial charge < -0.3 is 14.5 Å². The molecule has 0 radical (unpaired) electrons. The third-order valence-corrected chi connectivity index (χ3v) is 4.31. The van der Waals surface area contributed by atoms with Crippen molar-refractivity contribution < 1.29 is 9.53 Å². The Bertz CT molecular complexity index is 683. The van der Waals surface area contributed by atoms with Crippen molar-refractivity contribution in [1.29, 1.82) is 0 Å². The van der Waals surface area contributed by atoms with E-state index < -0.39 is 0 Å². The van der Waals surface area contributed by atoms with Gasteiger partial charge in [-0.2, -0.15) is 0 Å². The molecular formula is C17H19ClN4O2. The van der Waals surface area contributed by atoms with E-state index in [-0.39, 0.29) is 5.91 Å². The first kappa shape index (κ1) is 16.5. The Labute approximate surface area is 146 Å². The number of anilines is 1. The Hall–Kier alpha value is -2.34. The summed E-state index contributed by atoms with van der Waals surface area (Å²) in [4.78, 5) is 16.4. The average Bonchev–Trinajstić information content (AvgIpc) is 2.64. The molecule has 0 bridgehead atoms. The smallest absolute Gasteiger partial charge is 0.233 e. The molecule has 1 saturated heterocycles. The Morgan fingerprint density at radius 3 is 2.38 bits per heavy atom. The lowest BCUT2D eigenvalue weighted by Gasteiger charge is -2.35. The number of carbonyl (C=O) groups is 1. The molecule has 0 aliphatic carbocycles. The molecule has 0 spiro atoms. The highest BCUT2D eigenvalue weighted by atomic mass is 35.5. The molecule has 24 heavy (non-hydrogen) atoms. The number of carbonyl (C=O) groups excluding carboxylic acids is 1. The van der Waals surface area contributed by atoms with E-state index >= 15 is 0 Å². The molecular weight excluding hydrogens is 328 g/mol. The highest BCUT2D eigenvalue weighted by Gasteiger charge is 2.22. The van der Waals surface area contributed by atoms with Crippen molar-refractivity contribution in [2.24, 2.45) is 0 Å². The maximum absolute atomic E-state index is 12.4. The van der Waals surface area contributed by atoms with Crippen molar-refractivity contribution >= 4 is 23.3 Å². The van der Waals surface area contributed by atoms with Crippen molar-refractivity contribution in [2.45, 2.75) is 6.42 Å². The summed E-state index contributed by atoms with van der Waals surface area (Å²) in [5.41, 5.74) is 0.979. The summed E-state index contributed by atoms with van der Waals surface area (Å²) < 4.78 is 5.02. The molecule has 1 aromatic heterocycles. The molecule has 2 heterocycles. The summed E-state index contributed by atoms with van der Waals surface area (Å²) in [5.74, 6) is 1.44. The predicted octanol–water partition coefficient (Wildman–Crippen LogP) is 2.03. The van der Waals surface area contributed by atoms with E-state index in [1.54, 1.807) is 13.2 Å².